The van der Waals surface area contributed by atoms with Crippen LogP contribution in [0.25, 0.3) is 0 Å². The summed E-state index contributed by atoms with van der Waals surface area (Å²) >= 11 is 1.38. The Morgan fingerprint density at radius 1 is 1.09 bits per heavy atom. The standard InChI is InChI=1S/C17H17NO4S/c1-21-14-5-3-4-12(10-14)17(20)18-13-6-8-15(9-7-13)23-11-16(19)22-2/h3-10H,11H2,1-2H3,(H,18,20). The molecule has 0 fully saturated rings. The monoisotopic (exact) mass is 331 g/mol. The lowest BCUT2D eigenvalue weighted by Crippen LogP contribution is -2.11. The summed E-state index contributed by atoms with van der Waals surface area (Å²) in [4.78, 5) is 24.2. The molecule has 0 bridgehead atoms. The van der Waals surface area contributed by atoms with Gasteiger partial charge in [-0.1, -0.05) is 6.07 Å². The Balaban J connectivity index is 1.97. The van der Waals surface area contributed by atoms with E-state index in [2.05, 4.69) is 10.1 Å². The second-order valence-corrected chi connectivity index (χ2v) is 5.62. The van der Waals surface area contributed by atoms with Crippen molar-refractivity contribution in [3.8, 4) is 5.75 Å². The SMILES string of the molecule is COC(=O)CSc1ccc(NC(=O)c2cccc(OC)c2)cc1. The van der Waals surface area contributed by atoms with Gasteiger partial charge in [-0.05, 0) is 42.5 Å². The minimum absolute atomic E-state index is 0.209. The van der Waals surface area contributed by atoms with Crippen LogP contribution >= 0.6 is 11.8 Å². The van der Waals surface area contributed by atoms with E-state index in [1.54, 1.807) is 43.5 Å². The summed E-state index contributed by atoms with van der Waals surface area (Å²) in [5.74, 6) is 0.405. The molecule has 0 aromatic heterocycles. The van der Waals surface area contributed by atoms with Crippen molar-refractivity contribution in [1.29, 1.82) is 0 Å². The largest absolute Gasteiger partial charge is 0.497 e. The molecule has 0 aliphatic rings. The van der Waals surface area contributed by atoms with Crippen molar-refractivity contribution in [3.05, 3.63) is 54.1 Å². The number of benzene rings is 2. The number of methoxy groups -OCH3 is 2. The fraction of sp³-hybridized carbons (Fsp3) is 0.176. The highest BCUT2D eigenvalue weighted by molar-refractivity contribution is 8.00. The summed E-state index contributed by atoms with van der Waals surface area (Å²) in [6.07, 6.45) is 0. The van der Waals surface area contributed by atoms with Crippen molar-refractivity contribution in [2.45, 2.75) is 4.90 Å². The van der Waals surface area contributed by atoms with Crippen LogP contribution < -0.4 is 10.1 Å². The van der Waals surface area contributed by atoms with Gasteiger partial charge >= 0.3 is 5.97 Å². The first-order valence-corrected chi connectivity index (χ1v) is 7.86. The third kappa shape index (κ3) is 5.03. The molecule has 120 valence electrons. The zero-order chi connectivity index (χ0) is 16.7. The van der Waals surface area contributed by atoms with Crippen LogP contribution in [0.15, 0.2) is 53.4 Å². The summed E-state index contributed by atoms with van der Waals surface area (Å²) in [7, 11) is 2.92. The van der Waals surface area contributed by atoms with Crippen molar-refractivity contribution in [2.75, 3.05) is 25.3 Å². The van der Waals surface area contributed by atoms with Gasteiger partial charge in [-0.3, -0.25) is 9.59 Å². The second kappa shape index (κ2) is 8.24. The van der Waals surface area contributed by atoms with Gasteiger partial charge in [-0.25, -0.2) is 0 Å². The first kappa shape index (κ1) is 16.9. The highest BCUT2D eigenvalue weighted by atomic mass is 32.2. The Bertz CT molecular complexity index is 685. The molecule has 0 aliphatic heterocycles. The molecule has 0 heterocycles. The molecule has 23 heavy (non-hydrogen) atoms. The average molecular weight is 331 g/mol. The molecule has 0 spiro atoms. The molecule has 0 radical (unpaired) electrons. The number of anilines is 1. The number of rotatable bonds is 6. The van der Waals surface area contributed by atoms with E-state index in [0.29, 0.717) is 17.0 Å². The number of carbonyl (C=O) groups excluding carboxylic acids is 2. The van der Waals surface area contributed by atoms with Crippen LogP contribution in [0.1, 0.15) is 10.4 Å². The van der Waals surface area contributed by atoms with Crippen LogP contribution in [0, 0.1) is 0 Å². The molecule has 0 unspecified atom stereocenters. The van der Waals surface area contributed by atoms with Crippen molar-refractivity contribution >= 4 is 29.3 Å². The number of carbonyl (C=O) groups is 2. The number of ether oxygens (including phenoxy) is 2. The zero-order valence-corrected chi connectivity index (χ0v) is 13.7. The van der Waals surface area contributed by atoms with Gasteiger partial charge in [0.05, 0.1) is 20.0 Å². The van der Waals surface area contributed by atoms with Gasteiger partial charge in [0.1, 0.15) is 5.75 Å². The predicted octanol–water partition coefficient (Wildman–Crippen LogP) is 3.21. The summed E-state index contributed by atoms with van der Waals surface area (Å²) in [5.41, 5.74) is 1.20. The highest BCUT2D eigenvalue weighted by Crippen LogP contribution is 2.21. The lowest BCUT2D eigenvalue weighted by molar-refractivity contribution is -0.137. The van der Waals surface area contributed by atoms with E-state index in [-0.39, 0.29) is 17.6 Å². The summed E-state index contributed by atoms with van der Waals surface area (Å²) < 4.78 is 9.70. The van der Waals surface area contributed by atoms with Gasteiger partial charge in [-0.15, -0.1) is 11.8 Å². The van der Waals surface area contributed by atoms with Crippen molar-refractivity contribution in [2.24, 2.45) is 0 Å². The Kier molecular flexibility index (Phi) is 6.05. The van der Waals surface area contributed by atoms with E-state index >= 15 is 0 Å². The molecule has 2 aromatic carbocycles. The number of esters is 1. The number of thioether (sulfide) groups is 1. The smallest absolute Gasteiger partial charge is 0.315 e. The fourth-order valence-electron chi connectivity index (χ4n) is 1.80. The third-order valence-corrected chi connectivity index (χ3v) is 4.01. The first-order chi connectivity index (χ1) is 11.1. The molecule has 2 aromatic rings. The molecule has 6 heteroatoms. The van der Waals surface area contributed by atoms with E-state index < -0.39 is 0 Å². The molecule has 0 saturated heterocycles. The van der Waals surface area contributed by atoms with E-state index in [1.165, 1.54) is 18.9 Å². The van der Waals surface area contributed by atoms with Gasteiger partial charge in [0.15, 0.2) is 0 Å². The minimum Gasteiger partial charge on any atom is -0.497 e. The van der Waals surface area contributed by atoms with Crippen LogP contribution in [-0.4, -0.2) is 31.8 Å². The maximum absolute atomic E-state index is 12.2. The van der Waals surface area contributed by atoms with Gasteiger partial charge in [0.2, 0.25) is 0 Å². The molecular weight excluding hydrogens is 314 g/mol. The van der Waals surface area contributed by atoms with Crippen LogP contribution in [0.5, 0.6) is 5.75 Å². The fourth-order valence-corrected chi connectivity index (χ4v) is 2.53. The van der Waals surface area contributed by atoms with Gasteiger partial charge < -0.3 is 14.8 Å². The minimum atomic E-state index is -0.273. The zero-order valence-electron chi connectivity index (χ0n) is 12.9. The van der Waals surface area contributed by atoms with Crippen LogP contribution in [-0.2, 0) is 9.53 Å². The molecule has 1 amide bonds. The predicted molar refractivity (Wildman–Crippen MR) is 90.1 cm³/mol. The third-order valence-electron chi connectivity index (χ3n) is 3.03. The summed E-state index contributed by atoms with van der Waals surface area (Å²) in [6, 6.07) is 14.2. The second-order valence-electron chi connectivity index (χ2n) is 4.58. The van der Waals surface area contributed by atoms with Crippen LogP contribution in [0.4, 0.5) is 5.69 Å². The first-order valence-electron chi connectivity index (χ1n) is 6.87. The quantitative estimate of drug-likeness (QED) is 0.650. The molecule has 1 N–H and O–H groups in total. The lowest BCUT2D eigenvalue weighted by atomic mass is 10.2. The Labute approximate surface area is 139 Å². The topological polar surface area (TPSA) is 64.6 Å². The van der Waals surface area contributed by atoms with Crippen molar-refractivity contribution in [1.82, 2.24) is 0 Å². The van der Waals surface area contributed by atoms with Gasteiger partial charge in [-0.2, -0.15) is 0 Å². The van der Waals surface area contributed by atoms with E-state index in [1.807, 2.05) is 12.1 Å². The maximum Gasteiger partial charge on any atom is 0.315 e. The number of nitrogens with one attached hydrogen (secondary N) is 1. The molecule has 0 aliphatic carbocycles. The summed E-state index contributed by atoms with van der Waals surface area (Å²) in [5, 5.41) is 2.82. The maximum atomic E-state index is 12.2. The van der Waals surface area contributed by atoms with Crippen molar-refractivity contribution in [3.63, 3.8) is 0 Å². The molecular formula is C17H17NO4S. The van der Waals surface area contributed by atoms with Crippen LogP contribution in [0.2, 0.25) is 0 Å². The normalized spacial score (nSPS) is 10.0. The summed E-state index contributed by atoms with van der Waals surface area (Å²) in [6.45, 7) is 0. The molecule has 0 atom stereocenters. The van der Waals surface area contributed by atoms with Crippen molar-refractivity contribution < 1.29 is 19.1 Å². The van der Waals surface area contributed by atoms with E-state index in [0.717, 1.165) is 4.90 Å². The average Bonchev–Trinajstić information content (AvgIpc) is 2.60. The molecule has 2 rings (SSSR count). The molecule has 0 saturated carbocycles. The number of amides is 1. The number of hydrogen-bond donors (Lipinski definition) is 1. The van der Waals surface area contributed by atoms with Gasteiger partial charge in [0.25, 0.3) is 5.91 Å². The Morgan fingerprint density at radius 2 is 1.83 bits per heavy atom. The number of hydrogen-bond acceptors (Lipinski definition) is 5. The van der Waals surface area contributed by atoms with E-state index in [4.69, 9.17) is 4.74 Å². The molecule has 5 nitrogen and oxygen atoms in total. The van der Waals surface area contributed by atoms with E-state index in [9.17, 15) is 9.59 Å². The Morgan fingerprint density at radius 3 is 2.48 bits per heavy atom. The van der Waals surface area contributed by atoms with Crippen LogP contribution in [0.3, 0.4) is 0 Å². The highest BCUT2D eigenvalue weighted by Gasteiger charge is 2.07. The lowest BCUT2D eigenvalue weighted by Gasteiger charge is -2.07. The Hall–Kier alpha value is -2.47. The van der Waals surface area contributed by atoms with Gasteiger partial charge in [0, 0.05) is 16.1 Å².